The normalized spacial score (nSPS) is 12.2. The molecule has 2 nitrogen and oxygen atoms in total. The third kappa shape index (κ3) is 34.7. The molecule has 42 heavy (non-hydrogen) atoms. The van der Waals surface area contributed by atoms with Gasteiger partial charge in [-0.2, -0.15) is 0 Å². The number of hydrogen-bond donors (Lipinski definition) is 1. The van der Waals surface area contributed by atoms with Gasteiger partial charge in [-0.25, -0.2) is 0 Å². The molecule has 0 spiro atoms. The highest BCUT2D eigenvalue weighted by atomic mass is 35.5. The number of aliphatic hydroxyl groups excluding tert-OH is 1. The van der Waals surface area contributed by atoms with Crippen molar-refractivity contribution >= 4 is 12.4 Å². The Morgan fingerprint density at radius 2 is 0.548 bits per heavy atom. The maximum Gasteiger partial charge on any atom is 0.0584 e. The molecule has 0 aliphatic heterocycles. The minimum Gasteiger partial charge on any atom is -0.395 e. The van der Waals surface area contributed by atoms with Crippen molar-refractivity contribution < 1.29 is 5.11 Å². The van der Waals surface area contributed by atoms with Gasteiger partial charge in [-0.3, -0.25) is 4.90 Å². The molecule has 0 saturated carbocycles. The lowest BCUT2D eigenvalue weighted by Gasteiger charge is -2.27. The number of unbranched alkanes of at least 4 members (excludes halogenated alkanes) is 30. The van der Waals surface area contributed by atoms with E-state index in [1.807, 2.05) is 0 Å². The van der Waals surface area contributed by atoms with Crippen LogP contribution in [0.2, 0.25) is 0 Å². The van der Waals surface area contributed by atoms with Crippen LogP contribution in [0, 0.1) is 0 Å². The SMILES string of the molecule is CCCCCCCCCCCCCCCCCCN(CCCCCCCCCCCCCCCCCC)C(C)CO.Cl. The maximum atomic E-state index is 9.73. The fourth-order valence-corrected chi connectivity index (χ4v) is 6.39. The van der Waals surface area contributed by atoms with Crippen molar-refractivity contribution in [3.8, 4) is 0 Å². The van der Waals surface area contributed by atoms with Crippen molar-refractivity contribution in [2.24, 2.45) is 0 Å². The second-order valence-electron chi connectivity index (χ2n) is 13.7. The highest BCUT2D eigenvalue weighted by Gasteiger charge is 2.12. The van der Waals surface area contributed by atoms with Crippen molar-refractivity contribution in [2.45, 2.75) is 232 Å². The lowest BCUT2D eigenvalue weighted by Crippen LogP contribution is -2.37. The summed E-state index contributed by atoms with van der Waals surface area (Å²) in [5.41, 5.74) is 0. The Morgan fingerprint density at radius 1 is 0.357 bits per heavy atom. The zero-order valence-corrected chi connectivity index (χ0v) is 30.4. The van der Waals surface area contributed by atoms with Crippen LogP contribution < -0.4 is 0 Å². The molecule has 0 aliphatic rings. The van der Waals surface area contributed by atoms with E-state index in [2.05, 4.69) is 25.7 Å². The molecule has 0 fully saturated rings. The van der Waals surface area contributed by atoms with Gasteiger partial charge >= 0.3 is 0 Å². The summed E-state index contributed by atoms with van der Waals surface area (Å²) in [5.74, 6) is 0. The Hall–Kier alpha value is 0.210. The third-order valence-electron chi connectivity index (χ3n) is 9.49. The molecule has 0 heterocycles. The van der Waals surface area contributed by atoms with Crippen molar-refractivity contribution in [1.29, 1.82) is 0 Å². The molecule has 0 saturated heterocycles. The van der Waals surface area contributed by atoms with E-state index in [-0.39, 0.29) is 12.4 Å². The molecule has 3 heteroatoms. The van der Waals surface area contributed by atoms with E-state index in [4.69, 9.17) is 0 Å². The number of halogens is 1. The van der Waals surface area contributed by atoms with Crippen LogP contribution in [0.1, 0.15) is 226 Å². The Labute approximate surface area is 273 Å². The van der Waals surface area contributed by atoms with E-state index in [0.29, 0.717) is 12.6 Å². The second-order valence-corrected chi connectivity index (χ2v) is 13.7. The molecule has 0 aromatic rings. The van der Waals surface area contributed by atoms with E-state index in [1.54, 1.807) is 0 Å². The first kappa shape index (κ1) is 44.3. The molecule has 1 unspecified atom stereocenters. The number of hydrogen-bond acceptors (Lipinski definition) is 2. The van der Waals surface area contributed by atoms with Crippen molar-refractivity contribution in [1.82, 2.24) is 4.90 Å². The van der Waals surface area contributed by atoms with Gasteiger partial charge in [0, 0.05) is 6.04 Å². The van der Waals surface area contributed by atoms with E-state index in [9.17, 15) is 5.11 Å². The predicted octanol–water partition coefficient (Wildman–Crippen LogP) is 13.6. The third-order valence-corrected chi connectivity index (χ3v) is 9.49. The fourth-order valence-electron chi connectivity index (χ4n) is 6.39. The van der Waals surface area contributed by atoms with Crippen LogP contribution in [-0.4, -0.2) is 35.7 Å². The molecular formula is C39H82ClNO. The average Bonchev–Trinajstić information content (AvgIpc) is 2.99. The van der Waals surface area contributed by atoms with Crippen LogP contribution in [0.15, 0.2) is 0 Å². The van der Waals surface area contributed by atoms with Crippen molar-refractivity contribution in [3.63, 3.8) is 0 Å². The van der Waals surface area contributed by atoms with Crippen LogP contribution in [-0.2, 0) is 0 Å². The minimum absolute atomic E-state index is 0. The Bertz CT molecular complexity index is 424. The summed E-state index contributed by atoms with van der Waals surface area (Å²) < 4.78 is 0. The standard InChI is InChI=1S/C39H81NO.ClH/c1-4-6-8-10-12-14-16-18-20-22-24-26-28-30-32-34-36-40(39(3)38-41)37-35-33-31-29-27-25-23-21-19-17-15-13-11-9-7-5-2;/h39,41H,4-38H2,1-3H3;1H. The highest BCUT2D eigenvalue weighted by Crippen LogP contribution is 2.16. The van der Waals surface area contributed by atoms with Gasteiger partial charge in [-0.15, -0.1) is 12.4 Å². The summed E-state index contributed by atoms with van der Waals surface area (Å²) in [7, 11) is 0. The van der Waals surface area contributed by atoms with Gasteiger partial charge in [0.15, 0.2) is 0 Å². The van der Waals surface area contributed by atoms with Gasteiger partial charge in [0.2, 0.25) is 0 Å². The molecule has 0 rings (SSSR count). The van der Waals surface area contributed by atoms with E-state index >= 15 is 0 Å². The van der Waals surface area contributed by atoms with Gasteiger partial charge < -0.3 is 5.11 Å². The van der Waals surface area contributed by atoms with Crippen molar-refractivity contribution in [2.75, 3.05) is 19.7 Å². The zero-order chi connectivity index (χ0) is 29.9. The molecule has 0 aromatic carbocycles. The van der Waals surface area contributed by atoms with Gasteiger partial charge in [0.05, 0.1) is 6.61 Å². The molecule has 0 amide bonds. The topological polar surface area (TPSA) is 23.5 Å². The maximum absolute atomic E-state index is 9.73. The quantitative estimate of drug-likeness (QED) is 0.0708. The highest BCUT2D eigenvalue weighted by molar-refractivity contribution is 5.85. The first-order chi connectivity index (χ1) is 20.3. The van der Waals surface area contributed by atoms with E-state index < -0.39 is 0 Å². The molecule has 0 radical (unpaired) electrons. The smallest absolute Gasteiger partial charge is 0.0584 e. The lowest BCUT2D eigenvalue weighted by atomic mass is 10.0. The van der Waals surface area contributed by atoms with Gasteiger partial charge in [0.1, 0.15) is 0 Å². The molecular weight excluding hydrogens is 534 g/mol. The summed E-state index contributed by atoms with van der Waals surface area (Å²) in [6.45, 7) is 9.47. The predicted molar refractivity (Wildman–Crippen MR) is 194 cm³/mol. The summed E-state index contributed by atoms with van der Waals surface area (Å²) in [4.78, 5) is 2.56. The molecule has 0 aromatic heterocycles. The lowest BCUT2D eigenvalue weighted by molar-refractivity contribution is 0.130. The monoisotopic (exact) mass is 616 g/mol. The molecule has 1 N–H and O–H groups in total. The zero-order valence-electron chi connectivity index (χ0n) is 29.6. The first-order valence-electron chi connectivity index (χ1n) is 19.6. The van der Waals surface area contributed by atoms with Crippen LogP contribution in [0.5, 0.6) is 0 Å². The summed E-state index contributed by atoms with van der Waals surface area (Å²) >= 11 is 0. The Balaban J connectivity index is 0. The van der Waals surface area contributed by atoms with E-state index in [0.717, 1.165) is 0 Å². The summed E-state index contributed by atoms with van der Waals surface area (Å²) in [5, 5.41) is 9.73. The van der Waals surface area contributed by atoms with Crippen LogP contribution in [0.3, 0.4) is 0 Å². The second kappa shape index (κ2) is 39.2. The summed E-state index contributed by atoms with van der Waals surface area (Å²) in [6, 6.07) is 0.322. The first-order valence-corrected chi connectivity index (χ1v) is 19.6. The number of aliphatic hydroxyl groups is 1. The molecule has 0 aliphatic carbocycles. The van der Waals surface area contributed by atoms with Crippen LogP contribution in [0.25, 0.3) is 0 Å². The minimum atomic E-state index is 0. The molecule has 1 atom stereocenters. The van der Waals surface area contributed by atoms with Crippen LogP contribution in [0.4, 0.5) is 0 Å². The number of rotatable bonds is 36. The van der Waals surface area contributed by atoms with Crippen molar-refractivity contribution in [3.05, 3.63) is 0 Å². The average molecular weight is 617 g/mol. The Kier molecular flexibility index (Phi) is 41.4. The largest absolute Gasteiger partial charge is 0.395 e. The summed E-state index contributed by atoms with van der Waals surface area (Å²) in [6.07, 6.45) is 45.7. The van der Waals surface area contributed by atoms with Crippen LogP contribution >= 0.6 is 12.4 Å². The van der Waals surface area contributed by atoms with E-state index in [1.165, 1.54) is 219 Å². The fraction of sp³-hybridized carbons (Fsp3) is 1.00. The molecule has 0 bridgehead atoms. The molecule has 256 valence electrons. The van der Waals surface area contributed by atoms with Gasteiger partial charge in [-0.1, -0.05) is 206 Å². The Morgan fingerprint density at radius 3 is 0.738 bits per heavy atom. The van der Waals surface area contributed by atoms with Gasteiger partial charge in [0.25, 0.3) is 0 Å². The van der Waals surface area contributed by atoms with Gasteiger partial charge in [-0.05, 0) is 32.9 Å². The number of nitrogens with zero attached hydrogens (tertiary/aromatic N) is 1.